The van der Waals surface area contributed by atoms with Crippen LogP contribution in [0.2, 0.25) is 13.1 Å². The summed E-state index contributed by atoms with van der Waals surface area (Å²) in [6, 6.07) is 10.4. The lowest BCUT2D eigenvalue weighted by molar-refractivity contribution is -0.138. The van der Waals surface area contributed by atoms with E-state index in [1.54, 1.807) is 7.05 Å². The molecule has 29 heavy (non-hydrogen) atoms. The number of carbonyl (C=O) groups excluding carboxylic acids is 2. The summed E-state index contributed by atoms with van der Waals surface area (Å²) in [5.74, 6) is -0.468. The molecule has 2 amide bonds. The van der Waals surface area contributed by atoms with Crippen LogP contribution in [0.1, 0.15) is 56.4 Å². The van der Waals surface area contributed by atoms with Crippen LogP contribution >= 0.6 is 0 Å². The molecule has 5 heteroatoms. The third-order valence-corrected chi connectivity index (χ3v) is 10.8. The van der Waals surface area contributed by atoms with Gasteiger partial charge in [0.15, 0.2) is 0 Å². The van der Waals surface area contributed by atoms with Gasteiger partial charge in [-0.2, -0.15) is 0 Å². The highest BCUT2D eigenvalue weighted by atomic mass is 28.4. The number of hydrogen-bond acceptors (Lipinski definition) is 3. The average Bonchev–Trinajstić information content (AvgIpc) is 2.91. The Labute approximate surface area is 174 Å². The Morgan fingerprint density at radius 2 is 1.72 bits per heavy atom. The predicted octanol–water partition coefficient (Wildman–Crippen LogP) is 4.57. The summed E-state index contributed by atoms with van der Waals surface area (Å²) in [7, 11) is -0.465. The lowest BCUT2D eigenvalue weighted by atomic mass is 9.66. The Morgan fingerprint density at radius 1 is 1.03 bits per heavy atom. The van der Waals surface area contributed by atoms with Gasteiger partial charge in [0.25, 0.3) is 0 Å². The number of nitrogens with zero attached hydrogens (tertiary/aromatic N) is 1. The molecular formula is C24H31NO3Si. The highest BCUT2D eigenvalue weighted by molar-refractivity contribution is 6.79. The van der Waals surface area contributed by atoms with Crippen LogP contribution in [-0.4, -0.2) is 37.7 Å². The van der Waals surface area contributed by atoms with Crippen molar-refractivity contribution in [3.63, 3.8) is 0 Å². The second kappa shape index (κ2) is 6.64. The monoisotopic (exact) mass is 409 g/mol. The fraction of sp³-hybridized carbons (Fsp3) is 0.583. The first-order chi connectivity index (χ1) is 13.8. The maximum Gasteiger partial charge on any atom is 0.233 e. The number of carbonyl (C=O) groups is 2. The summed E-state index contributed by atoms with van der Waals surface area (Å²) in [5.41, 5.74) is 2.58. The number of fused-ring (bicyclic) bond motifs is 1. The summed E-state index contributed by atoms with van der Waals surface area (Å²) in [5, 5.41) is 1.40. The van der Waals surface area contributed by atoms with Crippen molar-refractivity contribution < 1.29 is 14.0 Å². The Kier molecular flexibility index (Phi) is 4.41. The van der Waals surface area contributed by atoms with Crippen LogP contribution < -0.4 is 0 Å². The minimum Gasteiger partial charge on any atom is -0.407 e. The Balaban J connectivity index is 1.68. The van der Waals surface area contributed by atoms with Gasteiger partial charge in [-0.3, -0.25) is 14.5 Å². The number of rotatable bonds is 1. The van der Waals surface area contributed by atoms with Crippen molar-refractivity contribution in [2.75, 3.05) is 7.05 Å². The Hall–Kier alpha value is -1.72. The zero-order valence-corrected chi connectivity index (χ0v) is 18.7. The van der Waals surface area contributed by atoms with Crippen molar-refractivity contribution in [1.82, 2.24) is 4.90 Å². The van der Waals surface area contributed by atoms with Crippen molar-refractivity contribution >= 4 is 20.1 Å². The fourth-order valence-corrected chi connectivity index (χ4v) is 9.84. The zero-order chi connectivity index (χ0) is 20.4. The molecule has 2 aliphatic heterocycles. The summed E-state index contributed by atoms with van der Waals surface area (Å²) >= 11 is 0. The topological polar surface area (TPSA) is 46.6 Å². The second-order valence-corrected chi connectivity index (χ2v) is 13.8. The molecule has 1 saturated heterocycles. The van der Waals surface area contributed by atoms with Gasteiger partial charge in [0, 0.05) is 13.0 Å². The third kappa shape index (κ3) is 2.88. The van der Waals surface area contributed by atoms with Gasteiger partial charge in [0.1, 0.15) is 0 Å². The van der Waals surface area contributed by atoms with Crippen LogP contribution in [0.3, 0.4) is 0 Å². The molecule has 4 nitrogen and oxygen atoms in total. The van der Waals surface area contributed by atoms with E-state index in [0.717, 1.165) is 19.3 Å². The van der Waals surface area contributed by atoms with E-state index < -0.39 is 8.32 Å². The Bertz CT molecular complexity index is 885. The maximum atomic E-state index is 13.2. The zero-order valence-electron chi connectivity index (χ0n) is 17.7. The molecule has 1 aromatic carbocycles. The first kappa shape index (κ1) is 19.3. The van der Waals surface area contributed by atoms with Gasteiger partial charge in [-0.15, -0.1) is 0 Å². The van der Waals surface area contributed by atoms with Gasteiger partial charge in [0.05, 0.1) is 17.4 Å². The van der Waals surface area contributed by atoms with Crippen LogP contribution in [0.4, 0.5) is 0 Å². The number of imide groups is 1. The SMILES string of the molecule is CN1C(=O)[C@H]2[C@H](CC3=C(CC4(CCCCC4)O[Si]3(C)C)[C@H]2c2ccccc2)C1=O. The molecule has 0 unspecified atom stereocenters. The predicted molar refractivity (Wildman–Crippen MR) is 115 cm³/mol. The van der Waals surface area contributed by atoms with Crippen LogP contribution in [0.25, 0.3) is 0 Å². The van der Waals surface area contributed by atoms with E-state index in [9.17, 15) is 9.59 Å². The van der Waals surface area contributed by atoms with Crippen LogP contribution in [0.15, 0.2) is 41.1 Å². The number of hydrogen-bond donors (Lipinski definition) is 0. The first-order valence-electron chi connectivity index (χ1n) is 11.1. The standard InChI is InChI=1S/C24H31NO3Si/c1-25-22(26)17-14-19-18(15-24(28-29(19,2)3)12-8-5-9-13-24)20(21(17)23(25)27)16-10-6-4-7-11-16/h4,6-7,10-11,17,20-21H,5,8-9,12-15H2,1-3H3/t17-,20+,21-/m0/s1. The molecule has 1 saturated carbocycles. The van der Waals surface area contributed by atoms with Crippen LogP contribution in [0.5, 0.6) is 0 Å². The molecule has 3 atom stereocenters. The van der Waals surface area contributed by atoms with Crippen molar-refractivity contribution in [3.05, 3.63) is 46.7 Å². The molecule has 2 fully saturated rings. The van der Waals surface area contributed by atoms with Crippen LogP contribution in [-0.2, 0) is 14.0 Å². The quantitative estimate of drug-likeness (QED) is 0.504. The largest absolute Gasteiger partial charge is 0.407 e. The number of benzene rings is 1. The van der Waals surface area contributed by atoms with Crippen molar-refractivity contribution in [1.29, 1.82) is 0 Å². The highest BCUT2D eigenvalue weighted by Crippen LogP contribution is 2.57. The molecule has 0 radical (unpaired) electrons. The molecule has 0 N–H and O–H groups in total. The van der Waals surface area contributed by atoms with Gasteiger partial charge >= 0.3 is 0 Å². The van der Waals surface area contributed by atoms with Crippen molar-refractivity contribution in [2.24, 2.45) is 11.8 Å². The van der Waals surface area contributed by atoms with E-state index >= 15 is 0 Å². The van der Waals surface area contributed by atoms with E-state index in [1.807, 2.05) is 6.07 Å². The molecule has 0 aromatic heterocycles. The minimum absolute atomic E-state index is 0.00376. The average molecular weight is 410 g/mol. The number of amides is 2. The van der Waals surface area contributed by atoms with Crippen molar-refractivity contribution in [3.8, 4) is 0 Å². The van der Waals surface area contributed by atoms with E-state index in [4.69, 9.17) is 4.43 Å². The number of likely N-dealkylation sites (tertiary alicyclic amines) is 1. The minimum atomic E-state index is -2.12. The highest BCUT2D eigenvalue weighted by Gasteiger charge is 2.58. The maximum absolute atomic E-state index is 13.2. The number of allylic oxidation sites excluding steroid dienone is 1. The Morgan fingerprint density at radius 3 is 2.41 bits per heavy atom. The van der Waals surface area contributed by atoms with E-state index in [1.165, 1.54) is 40.5 Å². The molecule has 154 valence electrons. The van der Waals surface area contributed by atoms with Crippen molar-refractivity contribution in [2.45, 2.75) is 69.6 Å². The molecule has 1 spiro atoms. The van der Waals surface area contributed by atoms with Gasteiger partial charge in [0.2, 0.25) is 20.1 Å². The molecule has 2 heterocycles. The summed E-state index contributed by atoms with van der Waals surface area (Å²) < 4.78 is 6.96. The summed E-state index contributed by atoms with van der Waals surface area (Å²) in [6.45, 7) is 4.62. The molecule has 0 bridgehead atoms. The molecule has 2 aliphatic carbocycles. The molecule has 1 aromatic rings. The van der Waals surface area contributed by atoms with E-state index in [0.29, 0.717) is 6.42 Å². The third-order valence-electron chi connectivity index (χ3n) is 7.88. The van der Waals surface area contributed by atoms with Gasteiger partial charge in [-0.25, -0.2) is 0 Å². The normalized spacial score (nSPS) is 33.1. The smallest absolute Gasteiger partial charge is 0.233 e. The molecule has 5 rings (SSSR count). The lowest BCUT2D eigenvalue weighted by Crippen LogP contribution is -2.54. The fourth-order valence-electron chi connectivity index (χ4n) is 6.63. The van der Waals surface area contributed by atoms with Gasteiger partial charge < -0.3 is 4.43 Å². The lowest BCUT2D eigenvalue weighted by Gasteiger charge is -2.53. The van der Waals surface area contributed by atoms with Gasteiger partial charge in [-0.05, 0) is 44.3 Å². The first-order valence-corrected chi connectivity index (χ1v) is 14.0. The van der Waals surface area contributed by atoms with Gasteiger partial charge in [-0.1, -0.05) is 60.4 Å². The summed E-state index contributed by atoms with van der Waals surface area (Å²) in [6.07, 6.45) is 7.67. The second-order valence-electron chi connectivity index (χ2n) is 10.00. The van der Waals surface area contributed by atoms with E-state index in [2.05, 4.69) is 37.4 Å². The summed E-state index contributed by atoms with van der Waals surface area (Å²) in [4.78, 5) is 27.5. The van der Waals surface area contributed by atoms with Crippen LogP contribution in [0, 0.1) is 11.8 Å². The van der Waals surface area contributed by atoms with E-state index in [-0.39, 0.29) is 35.2 Å². The molecular weight excluding hydrogens is 378 g/mol. The molecule has 4 aliphatic rings.